The molecule has 2 fully saturated rings. The Kier molecular flexibility index (Phi) is 2.83. The molecule has 98 valence electrons. The van der Waals surface area contributed by atoms with E-state index < -0.39 is 5.54 Å². The molecule has 0 bridgehead atoms. The van der Waals surface area contributed by atoms with Crippen LogP contribution in [0.25, 0.3) is 0 Å². The number of hydrogen-bond donors (Lipinski definition) is 2. The fraction of sp³-hybridized carbons (Fsp3) is 0.667. The van der Waals surface area contributed by atoms with Crippen molar-refractivity contribution in [3.63, 3.8) is 0 Å². The average molecular weight is 269 g/mol. The van der Waals surface area contributed by atoms with Gasteiger partial charge in [0.05, 0.1) is 17.8 Å². The van der Waals surface area contributed by atoms with E-state index in [0.717, 1.165) is 25.7 Å². The molecule has 1 atom stereocenters. The summed E-state index contributed by atoms with van der Waals surface area (Å²) in [5.74, 6) is 0.0575. The number of nitrogens with two attached hydrogens (primary N) is 1. The number of halogens is 1. The smallest absolute Gasteiger partial charge is 0.239 e. The van der Waals surface area contributed by atoms with Crippen LogP contribution in [0.5, 0.6) is 0 Å². The van der Waals surface area contributed by atoms with E-state index in [1.807, 2.05) is 0 Å². The molecule has 1 aromatic heterocycles. The van der Waals surface area contributed by atoms with Crippen molar-refractivity contribution in [2.45, 2.75) is 43.8 Å². The molecule has 1 aromatic rings. The van der Waals surface area contributed by atoms with Crippen LogP contribution in [-0.2, 0) is 11.3 Å². The van der Waals surface area contributed by atoms with Gasteiger partial charge >= 0.3 is 0 Å². The second kappa shape index (κ2) is 4.24. The van der Waals surface area contributed by atoms with Crippen LogP contribution in [-0.4, -0.2) is 27.3 Å². The zero-order valence-corrected chi connectivity index (χ0v) is 10.9. The van der Waals surface area contributed by atoms with Gasteiger partial charge in [0.1, 0.15) is 5.54 Å². The zero-order valence-electron chi connectivity index (χ0n) is 10.1. The minimum atomic E-state index is -0.656. The summed E-state index contributed by atoms with van der Waals surface area (Å²) in [4.78, 5) is 12.0. The lowest BCUT2D eigenvalue weighted by Crippen LogP contribution is -2.60. The number of aromatic nitrogens is 2. The standard InChI is InChI=1S/C12H17ClN4O/c13-9-5-15-17(6-9)7-12(11(14)18,8-1-2-8)16-10-3-4-10/h5-6,8,10,16H,1-4,7H2,(H2,14,18). The fourth-order valence-corrected chi connectivity index (χ4v) is 2.65. The Hall–Kier alpha value is -1.07. The van der Waals surface area contributed by atoms with Gasteiger partial charge in [-0.1, -0.05) is 11.6 Å². The van der Waals surface area contributed by atoms with E-state index in [-0.39, 0.29) is 5.91 Å². The summed E-state index contributed by atoms with van der Waals surface area (Å²) < 4.78 is 1.71. The van der Waals surface area contributed by atoms with Gasteiger partial charge in [0.2, 0.25) is 5.91 Å². The number of rotatable bonds is 6. The molecule has 5 nitrogen and oxygen atoms in total. The van der Waals surface area contributed by atoms with Gasteiger partial charge in [-0.05, 0) is 31.6 Å². The van der Waals surface area contributed by atoms with E-state index in [4.69, 9.17) is 17.3 Å². The average Bonchev–Trinajstić information content (AvgIpc) is 3.19. The van der Waals surface area contributed by atoms with Crippen molar-refractivity contribution in [1.82, 2.24) is 15.1 Å². The number of nitrogens with one attached hydrogen (secondary N) is 1. The first-order valence-corrected chi connectivity index (χ1v) is 6.73. The van der Waals surface area contributed by atoms with Gasteiger partial charge < -0.3 is 5.73 Å². The maximum absolute atomic E-state index is 12.0. The minimum absolute atomic E-state index is 0.275. The summed E-state index contributed by atoms with van der Waals surface area (Å²) in [6, 6.07) is 0.434. The summed E-state index contributed by atoms with van der Waals surface area (Å²) in [5, 5.41) is 8.18. The Balaban J connectivity index is 1.84. The molecule has 2 aliphatic carbocycles. The van der Waals surface area contributed by atoms with Gasteiger partial charge in [0, 0.05) is 12.2 Å². The van der Waals surface area contributed by atoms with Crippen LogP contribution in [0.4, 0.5) is 0 Å². The lowest BCUT2D eigenvalue weighted by molar-refractivity contribution is -0.126. The lowest BCUT2D eigenvalue weighted by Gasteiger charge is -2.32. The van der Waals surface area contributed by atoms with Crippen molar-refractivity contribution in [2.24, 2.45) is 11.7 Å². The van der Waals surface area contributed by atoms with Gasteiger partial charge in [0.15, 0.2) is 0 Å². The van der Waals surface area contributed by atoms with Crippen LogP contribution >= 0.6 is 11.6 Å². The van der Waals surface area contributed by atoms with Crippen molar-refractivity contribution >= 4 is 17.5 Å². The summed E-state index contributed by atoms with van der Waals surface area (Å²) in [7, 11) is 0. The first-order valence-electron chi connectivity index (χ1n) is 6.36. The number of carbonyl (C=O) groups excluding carboxylic acids is 1. The molecule has 1 amide bonds. The molecule has 1 unspecified atom stereocenters. The summed E-state index contributed by atoms with van der Waals surface area (Å²) in [6.45, 7) is 0.468. The monoisotopic (exact) mass is 268 g/mol. The maximum atomic E-state index is 12.0. The molecule has 0 radical (unpaired) electrons. The molecule has 2 aliphatic rings. The molecule has 0 saturated heterocycles. The topological polar surface area (TPSA) is 72.9 Å². The number of primary amides is 1. The highest BCUT2D eigenvalue weighted by Gasteiger charge is 2.52. The molecular weight excluding hydrogens is 252 g/mol. The lowest BCUT2D eigenvalue weighted by atomic mass is 9.91. The molecule has 1 heterocycles. The van der Waals surface area contributed by atoms with Crippen molar-refractivity contribution in [3.8, 4) is 0 Å². The van der Waals surface area contributed by atoms with E-state index in [1.54, 1.807) is 17.1 Å². The molecule has 3 rings (SSSR count). The Morgan fingerprint density at radius 1 is 1.56 bits per heavy atom. The second-order valence-corrected chi connectivity index (χ2v) is 5.82. The van der Waals surface area contributed by atoms with Crippen molar-refractivity contribution in [1.29, 1.82) is 0 Å². The second-order valence-electron chi connectivity index (χ2n) is 5.38. The van der Waals surface area contributed by atoms with E-state index >= 15 is 0 Å². The van der Waals surface area contributed by atoms with Crippen molar-refractivity contribution in [2.75, 3.05) is 0 Å². The normalized spacial score (nSPS) is 22.7. The first kappa shape index (κ1) is 12.0. The SMILES string of the molecule is NC(=O)C(Cn1cc(Cl)cn1)(NC1CC1)C1CC1. The van der Waals surface area contributed by atoms with Crippen LogP contribution in [0, 0.1) is 5.92 Å². The van der Waals surface area contributed by atoms with E-state index in [0.29, 0.717) is 23.5 Å². The predicted octanol–water partition coefficient (Wildman–Crippen LogP) is 0.923. The Labute approximate surface area is 111 Å². The highest BCUT2D eigenvalue weighted by molar-refractivity contribution is 6.30. The summed E-state index contributed by atoms with van der Waals surface area (Å²) in [6.07, 6.45) is 7.67. The summed E-state index contributed by atoms with van der Waals surface area (Å²) >= 11 is 5.86. The highest BCUT2D eigenvalue weighted by atomic mass is 35.5. The maximum Gasteiger partial charge on any atom is 0.239 e. The predicted molar refractivity (Wildman–Crippen MR) is 68.0 cm³/mol. The largest absolute Gasteiger partial charge is 0.368 e. The third kappa shape index (κ3) is 2.24. The molecule has 0 aliphatic heterocycles. The third-order valence-electron chi connectivity index (χ3n) is 3.77. The Bertz CT molecular complexity index is 466. The van der Waals surface area contributed by atoms with Crippen LogP contribution < -0.4 is 11.1 Å². The Morgan fingerprint density at radius 2 is 2.28 bits per heavy atom. The highest BCUT2D eigenvalue weighted by Crippen LogP contribution is 2.42. The molecule has 3 N–H and O–H groups in total. The first-order chi connectivity index (χ1) is 8.60. The molecule has 18 heavy (non-hydrogen) atoms. The number of nitrogens with zero attached hydrogens (tertiary/aromatic N) is 2. The molecule has 2 saturated carbocycles. The van der Waals surface area contributed by atoms with Crippen LogP contribution in [0.1, 0.15) is 25.7 Å². The van der Waals surface area contributed by atoms with E-state index in [9.17, 15) is 4.79 Å². The fourth-order valence-electron chi connectivity index (χ4n) is 2.49. The van der Waals surface area contributed by atoms with Crippen LogP contribution in [0.3, 0.4) is 0 Å². The minimum Gasteiger partial charge on any atom is -0.368 e. The van der Waals surface area contributed by atoms with Gasteiger partial charge in [-0.2, -0.15) is 5.10 Å². The van der Waals surface area contributed by atoms with Crippen molar-refractivity contribution < 1.29 is 4.79 Å². The van der Waals surface area contributed by atoms with E-state index in [2.05, 4.69) is 10.4 Å². The van der Waals surface area contributed by atoms with Crippen molar-refractivity contribution in [3.05, 3.63) is 17.4 Å². The number of amides is 1. The molecule has 0 aromatic carbocycles. The quantitative estimate of drug-likeness (QED) is 0.806. The third-order valence-corrected chi connectivity index (χ3v) is 3.96. The van der Waals surface area contributed by atoms with Gasteiger partial charge in [0.25, 0.3) is 0 Å². The molecular formula is C12H17ClN4O. The van der Waals surface area contributed by atoms with Crippen LogP contribution in [0.15, 0.2) is 12.4 Å². The summed E-state index contributed by atoms with van der Waals surface area (Å²) in [5.41, 5.74) is 5.01. The molecule has 0 spiro atoms. The van der Waals surface area contributed by atoms with Gasteiger partial charge in [-0.25, -0.2) is 0 Å². The van der Waals surface area contributed by atoms with Gasteiger partial charge in [-0.15, -0.1) is 0 Å². The van der Waals surface area contributed by atoms with E-state index in [1.165, 1.54) is 0 Å². The Morgan fingerprint density at radius 3 is 2.72 bits per heavy atom. The zero-order chi connectivity index (χ0) is 12.8. The number of carbonyl (C=O) groups is 1. The van der Waals surface area contributed by atoms with Crippen LogP contribution in [0.2, 0.25) is 5.02 Å². The molecule has 6 heteroatoms. The number of hydrogen-bond acceptors (Lipinski definition) is 3. The van der Waals surface area contributed by atoms with Gasteiger partial charge in [-0.3, -0.25) is 14.8 Å².